The van der Waals surface area contributed by atoms with Crippen LogP contribution in [0.4, 0.5) is 0 Å². The Balaban J connectivity index is 1.39. The first-order valence-corrected chi connectivity index (χ1v) is 11.4. The molecular formula is C20H28N4O4S. The fourth-order valence-electron chi connectivity index (χ4n) is 4.33. The van der Waals surface area contributed by atoms with Crippen molar-refractivity contribution in [2.24, 2.45) is 5.92 Å². The average Bonchev–Trinajstić information content (AvgIpc) is 3.28. The Bertz CT molecular complexity index is 857. The van der Waals surface area contributed by atoms with Crippen molar-refractivity contribution in [2.45, 2.75) is 50.9 Å². The Morgan fingerprint density at radius 1 is 1.17 bits per heavy atom. The number of hydrogen-bond acceptors (Lipinski definition) is 6. The lowest BCUT2D eigenvalue weighted by molar-refractivity contribution is -0.147. The van der Waals surface area contributed by atoms with Crippen LogP contribution in [0.2, 0.25) is 0 Å². The van der Waals surface area contributed by atoms with Crippen LogP contribution in [0.25, 0.3) is 0 Å². The van der Waals surface area contributed by atoms with Crippen LogP contribution in [0, 0.1) is 12.8 Å². The highest BCUT2D eigenvalue weighted by atomic mass is 32.2. The first kappa shape index (κ1) is 20.4. The molecule has 29 heavy (non-hydrogen) atoms. The molecule has 3 aliphatic heterocycles. The summed E-state index contributed by atoms with van der Waals surface area (Å²) in [7, 11) is 0. The Kier molecular flexibility index (Phi) is 5.96. The Morgan fingerprint density at radius 3 is 2.48 bits per heavy atom. The zero-order valence-corrected chi connectivity index (χ0v) is 17.9. The van der Waals surface area contributed by atoms with Gasteiger partial charge in [0, 0.05) is 56.3 Å². The second kappa shape index (κ2) is 8.47. The van der Waals surface area contributed by atoms with Gasteiger partial charge in [-0.1, -0.05) is 18.7 Å². The zero-order chi connectivity index (χ0) is 20.5. The minimum absolute atomic E-state index is 0.0213. The van der Waals surface area contributed by atoms with Crippen LogP contribution in [0.15, 0.2) is 9.95 Å². The molecular weight excluding hydrogens is 392 g/mol. The summed E-state index contributed by atoms with van der Waals surface area (Å²) >= 11 is 1.48. The summed E-state index contributed by atoms with van der Waals surface area (Å²) in [5, 5.41) is 0.709. The largest absolute Gasteiger partial charge is 0.368 e. The molecule has 0 aliphatic carbocycles. The predicted molar refractivity (Wildman–Crippen MR) is 109 cm³/mol. The number of nitrogens with zero attached hydrogens (tertiary/aromatic N) is 4. The van der Waals surface area contributed by atoms with Gasteiger partial charge in [0.15, 0.2) is 5.16 Å². The van der Waals surface area contributed by atoms with E-state index >= 15 is 0 Å². The van der Waals surface area contributed by atoms with E-state index in [2.05, 4.69) is 4.98 Å². The topological polar surface area (TPSA) is 84.7 Å². The maximum Gasteiger partial charge on any atom is 0.257 e. The van der Waals surface area contributed by atoms with Crippen molar-refractivity contribution < 1.29 is 14.3 Å². The van der Waals surface area contributed by atoms with Crippen LogP contribution < -0.4 is 5.56 Å². The van der Waals surface area contributed by atoms with Crippen molar-refractivity contribution in [2.75, 3.05) is 38.5 Å². The van der Waals surface area contributed by atoms with Crippen LogP contribution >= 0.6 is 11.8 Å². The number of aromatic nitrogens is 2. The fourth-order valence-corrected chi connectivity index (χ4v) is 5.45. The van der Waals surface area contributed by atoms with Crippen molar-refractivity contribution in [3.8, 4) is 0 Å². The standard InChI is InChI=1S/C20H28N4O4S/c1-3-15-13(2)21-20-24(18(15)26)11-14(12-29-20)17(25)22-6-8-23(9-7-22)19(27)16-5-4-10-28-16/h14,16H,3-12H2,1-2H3. The molecule has 2 fully saturated rings. The molecule has 0 aromatic carbocycles. The minimum atomic E-state index is -0.306. The lowest BCUT2D eigenvalue weighted by atomic mass is 10.1. The van der Waals surface area contributed by atoms with Gasteiger partial charge >= 0.3 is 0 Å². The molecule has 9 heteroatoms. The first-order valence-electron chi connectivity index (χ1n) is 10.4. The molecule has 3 aliphatic rings. The number of piperazine rings is 1. The van der Waals surface area contributed by atoms with E-state index in [-0.39, 0.29) is 29.4 Å². The highest BCUT2D eigenvalue weighted by Crippen LogP contribution is 2.27. The van der Waals surface area contributed by atoms with Crippen molar-refractivity contribution >= 4 is 23.6 Å². The van der Waals surface area contributed by atoms with Crippen LogP contribution in [-0.2, 0) is 27.3 Å². The van der Waals surface area contributed by atoms with Crippen molar-refractivity contribution in [1.82, 2.24) is 19.4 Å². The minimum Gasteiger partial charge on any atom is -0.368 e. The van der Waals surface area contributed by atoms with E-state index in [0.29, 0.717) is 56.7 Å². The molecule has 2 amide bonds. The van der Waals surface area contributed by atoms with Crippen molar-refractivity contribution in [3.63, 3.8) is 0 Å². The summed E-state index contributed by atoms with van der Waals surface area (Å²) in [4.78, 5) is 46.6. The number of amides is 2. The van der Waals surface area contributed by atoms with Gasteiger partial charge in [0.05, 0.1) is 5.92 Å². The average molecular weight is 421 g/mol. The highest BCUT2D eigenvalue weighted by Gasteiger charge is 2.35. The third-order valence-electron chi connectivity index (χ3n) is 6.06. The third kappa shape index (κ3) is 3.94. The number of rotatable bonds is 3. The molecule has 2 atom stereocenters. The van der Waals surface area contributed by atoms with Gasteiger partial charge in [-0.15, -0.1) is 0 Å². The Morgan fingerprint density at radius 2 is 1.86 bits per heavy atom. The summed E-state index contributed by atoms with van der Waals surface area (Å²) in [6.45, 7) is 7.02. The lowest BCUT2D eigenvalue weighted by Gasteiger charge is -2.38. The zero-order valence-electron chi connectivity index (χ0n) is 17.1. The van der Waals surface area contributed by atoms with Gasteiger partial charge in [0.25, 0.3) is 11.5 Å². The molecule has 4 rings (SSSR count). The molecule has 2 saturated heterocycles. The summed E-state index contributed by atoms with van der Waals surface area (Å²) in [5.41, 5.74) is 1.49. The summed E-state index contributed by atoms with van der Waals surface area (Å²) in [5.74, 6) is 0.514. The van der Waals surface area contributed by atoms with E-state index in [0.717, 1.165) is 24.1 Å². The van der Waals surface area contributed by atoms with Crippen molar-refractivity contribution in [1.29, 1.82) is 0 Å². The van der Waals surface area contributed by atoms with Gasteiger partial charge in [-0.05, 0) is 26.2 Å². The second-order valence-electron chi connectivity index (χ2n) is 7.89. The van der Waals surface area contributed by atoms with Crippen LogP contribution in [-0.4, -0.2) is 75.8 Å². The van der Waals surface area contributed by atoms with Crippen LogP contribution in [0.5, 0.6) is 0 Å². The second-order valence-corrected chi connectivity index (χ2v) is 8.87. The maximum atomic E-state index is 13.1. The molecule has 0 spiro atoms. The van der Waals surface area contributed by atoms with E-state index in [1.54, 1.807) is 4.57 Å². The highest BCUT2D eigenvalue weighted by molar-refractivity contribution is 7.99. The van der Waals surface area contributed by atoms with E-state index in [4.69, 9.17) is 4.74 Å². The molecule has 0 radical (unpaired) electrons. The van der Waals surface area contributed by atoms with Gasteiger partial charge < -0.3 is 14.5 Å². The molecule has 8 nitrogen and oxygen atoms in total. The third-order valence-corrected chi connectivity index (χ3v) is 7.20. The molecule has 0 N–H and O–H groups in total. The van der Waals surface area contributed by atoms with Gasteiger partial charge in [-0.2, -0.15) is 0 Å². The predicted octanol–water partition coefficient (Wildman–Crippen LogP) is 0.686. The molecule has 1 aromatic heterocycles. The lowest BCUT2D eigenvalue weighted by Crippen LogP contribution is -2.54. The molecule has 0 bridgehead atoms. The molecule has 0 saturated carbocycles. The van der Waals surface area contributed by atoms with Crippen LogP contribution in [0.1, 0.15) is 31.0 Å². The number of fused-ring (bicyclic) bond motifs is 1. The molecule has 158 valence electrons. The quantitative estimate of drug-likeness (QED) is 0.669. The van der Waals surface area contributed by atoms with Gasteiger partial charge in [-0.25, -0.2) is 4.98 Å². The van der Waals surface area contributed by atoms with E-state index in [1.807, 2.05) is 23.6 Å². The van der Waals surface area contributed by atoms with Gasteiger partial charge in [0.2, 0.25) is 5.91 Å². The number of carbonyl (C=O) groups is 2. The Hall–Kier alpha value is -1.87. The molecule has 4 heterocycles. The van der Waals surface area contributed by atoms with Gasteiger partial charge in [0.1, 0.15) is 6.10 Å². The summed E-state index contributed by atoms with van der Waals surface area (Å²) < 4.78 is 7.16. The first-order chi connectivity index (χ1) is 14.0. The van der Waals surface area contributed by atoms with Crippen molar-refractivity contribution in [3.05, 3.63) is 21.6 Å². The maximum absolute atomic E-state index is 13.1. The molecule has 1 aromatic rings. The number of ether oxygens (including phenoxy) is 1. The smallest absolute Gasteiger partial charge is 0.257 e. The summed E-state index contributed by atoms with van der Waals surface area (Å²) in [6, 6.07) is 0. The SMILES string of the molecule is CCc1c(C)nc2n(c1=O)CC(C(=O)N1CCN(C(=O)C3CCCO3)CC1)CS2. The van der Waals surface area contributed by atoms with E-state index in [9.17, 15) is 14.4 Å². The fraction of sp³-hybridized carbons (Fsp3) is 0.700. The normalized spacial score (nSPS) is 24.5. The number of thioether (sulfide) groups is 1. The Labute approximate surface area is 174 Å². The summed E-state index contributed by atoms with van der Waals surface area (Å²) in [6.07, 6.45) is 2.06. The van der Waals surface area contributed by atoms with E-state index in [1.165, 1.54) is 11.8 Å². The van der Waals surface area contributed by atoms with Gasteiger partial charge in [-0.3, -0.25) is 19.0 Å². The van der Waals surface area contributed by atoms with Crippen LogP contribution in [0.3, 0.4) is 0 Å². The van der Waals surface area contributed by atoms with E-state index < -0.39 is 0 Å². The number of hydrogen-bond donors (Lipinski definition) is 0. The molecule has 2 unspecified atom stereocenters. The number of carbonyl (C=O) groups excluding carboxylic acids is 2. The number of aryl methyl sites for hydroxylation is 1. The monoisotopic (exact) mass is 420 g/mol.